The monoisotopic (exact) mass is 263 g/mol. The van der Waals surface area contributed by atoms with Crippen molar-refractivity contribution in [1.29, 1.82) is 0 Å². The molecule has 2 rings (SSSR count). The Hall–Kier alpha value is -2.12. The average molecular weight is 263 g/mol. The van der Waals surface area contributed by atoms with E-state index in [4.69, 9.17) is 0 Å². The number of rotatable bonds is 2. The second kappa shape index (κ2) is 4.28. The first-order valence-corrected chi connectivity index (χ1v) is 4.69. The molecule has 1 N–H and O–H groups in total. The number of hydrogen-bond acceptors (Lipinski definition) is 2. The lowest BCUT2D eigenvalue weighted by atomic mass is 10.2. The summed E-state index contributed by atoms with van der Waals surface area (Å²) in [6, 6.07) is 0. The maximum Gasteiger partial charge on any atom is 0.200 e. The number of nitrogens with one attached hydrogen (secondary N) is 1. The van der Waals surface area contributed by atoms with Crippen molar-refractivity contribution in [1.82, 2.24) is 9.78 Å². The van der Waals surface area contributed by atoms with Gasteiger partial charge in [0.2, 0.25) is 5.82 Å². The highest BCUT2D eigenvalue weighted by Crippen LogP contribution is 2.29. The zero-order chi connectivity index (χ0) is 13.4. The van der Waals surface area contributed by atoms with Crippen molar-refractivity contribution in [3.63, 3.8) is 0 Å². The highest BCUT2D eigenvalue weighted by molar-refractivity contribution is 5.59. The molecule has 0 aliphatic rings. The summed E-state index contributed by atoms with van der Waals surface area (Å²) in [6.07, 6.45) is 2.50. The van der Waals surface area contributed by atoms with Crippen molar-refractivity contribution < 1.29 is 22.0 Å². The minimum atomic E-state index is -2.19. The molecule has 0 spiro atoms. The Morgan fingerprint density at radius 2 is 1.44 bits per heavy atom. The van der Waals surface area contributed by atoms with E-state index in [1.807, 2.05) is 0 Å². The van der Waals surface area contributed by atoms with Crippen LogP contribution in [-0.2, 0) is 7.05 Å². The van der Waals surface area contributed by atoms with E-state index in [0.29, 0.717) is 0 Å². The summed E-state index contributed by atoms with van der Waals surface area (Å²) >= 11 is 0. The molecule has 3 nitrogen and oxygen atoms in total. The Morgan fingerprint density at radius 1 is 0.944 bits per heavy atom. The van der Waals surface area contributed by atoms with Gasteiger partial charge in [0.15, 0.2) is 23.3 Å². The maximum absolute atomic E-state index is 13.3. The molecule has 0 amide bonds. The second-order valence-electron chi connectivity index (χ2n) is 3.47. The van der Waals surface area contributed by atoms with Gasteiger partial charge in [0, 0.05) is 13.2 Å². The van der Waals surface area contributed by atoms with Gasteiger partial charge in [-0.3, -0.25) is 4.68 Å². The standard InChI is InChI=1S/C10H6F5N3/c1-18-3-4(2-16-18)17-10-8(14)6(12)5(11)7(13)9(10)15/h2-3,17H,1H3. The van der Waals surface area contributed by atoms with E-state index in [9.17, 15) is 22.0 Å². The fraction of sp³-hybridized carbons (Fsp3) is 0.100. The molecule has 0 saturated heterocycles. The Morgan fingerprint density at radius 3 is 1.89 bits per heavy atom. The molecule has 0 unspecified atom stereocenters. The van der Waals surface area contributed by atoms with E-state index in [0.717, 1.165) is 0 Å². The van der Waals surface area contributed by atoms with E-state index in [1.165, 1.54) is 24.1 Å². The fourth-order valence-electron chi connectivity index (χ4n) is 1.34. The number of hydrogen-bond donors (Lipinski definition) is 1. The van der Waals surface area contributed by atoms with E-state index < -0.39 is 34.8 Å². The highest BCUT2D eigenvalue weighted by Gasteiger charge is 2.25. The second-order valence-corrected chi connectivity index (χ2v) is 3.47. The number of aryl methyl sites for hydroxylation is 1. The zero-order valence-electron chi connectivity index (χ0n) is 8.94. The van der Waals surface area contributed by atoms with Crippen LogP contribution in [0, 0.1) is 29.1 Å². The minimum absolute atomic E-state index is 0.0979. The molecule has 0 aliphatic carbocycles. The average Bonchev–Trinajstić information content (AvgIpc) is 2.75. The van der Waals surface area contributed by atoms with Crippen LogP contribution in [0.4, 0.5) is 33.3 Å². The first-order valence-electron chi connectivity index (χ1n) is 4.69. The quantitative estimate of drug-likeness (QED) is 0.513. The lowest BCUT2D eigenvalue weighted by Crippen LogP contribution is -2.06. The van der Waals surface area contributed by atoms with Crippen LogP contribution in [0.3, 0.4) is 0 Å². The van der Waals surface area contributed by atoms with Gasteiger partial charge in [0.25, 0.3) is 0 Å². The first-order chi connectivity index (χ1) is 8.41. The van der Waals surface area contributed by atoms with Crippen LogP contribution in [0.15, 0.2) is 12.4 Å². The van der Waals surface area contributed by atoms with Gasteiger partial charge < -0.3 is 5.32 Å². The van der Waals surface area contributed by atoms with Gasteiger partial charge in [-0.25, -0.2) is 22.0 Å². The first kappa shape index (κ1) is 12.3. The van der Waals surface area contributed by atoms with E-state index in [1.54, 1.807) is 0 Å². The summed E-state index contributed by atoms with van der Waals surface area (Å²) in [7, 11) is 1.53. The summed E-state index contributed by atoms with van der Waals surface area (Å²) in [6.45, 7) is 0. The minimum Gasteiger partial charge on any atom is -0.348 e. The van der Waals surface area contributed by atoms with E-state index in [-0.39, 0.29) is 5.69 Å². The van der Waals surface area contributed by atoms with Crippen molar-refractivity contribution in [2.75, 3.05) is 5.32 Å². The molecule has 0 saturated carbocycles. The molecule has 1 aromatic carbocycles. The van der Waals surface area contributed by atoms with Crippen LogP contribution in [0.25, 0.3) is 0 Å². The van der Waals surface area contributed by atoms with E-state index in [2.05, 4.69) is 10.4 Å². The largest absolute Gasteiger partial charge is 0.348 e. The third kappa shape index (κ3) is 1.89. The summed E-state index contributed by atoms with van der Waals surface area (Å²) < 4.78 is 66.4. The molecule has 96 valence electrons. The van der Waals surface area contributed by atoms with Crippen LogP contribution in [-0.4, -0.2) is 9.78 Å². The lowest BCUT2D eigenvalue weighted by molar-refractivity contribution is 0.382. The van der Waals surface area contributed by atoms with Gasteiger partial charge in [-0.1, -0.05) is 0 Å². The summed E-state index contributed by atoms with van der Waals surface area (Å²) in [5.74, 6) is -10.0. The normalized spacial score (nSPS) is 10.8. The highest BCUT2D eigenvalue weighted by atomic mass is 19.2. The number of benzene rings is 1. The van der Waals surface area contributed by atoms with Gasteiger partial charge in [0.1, 0.15) is 5.69 Å². The fourth-order valence-corrected chi connectivity index (χ4v) is 1.34. The topological polar surface area (TPSA) is 29.9 Å². The Balaban J connectivity index is 2.51. The smallest absolute Gasteiger partial charge is 0.200 e. The Labute approximate surface area is 97.8 Å². The van der Waals surface area contributed by atoms with Crippen LogP contribution in [0.1, 0.15) is 0 Å². The number of aromatic nitrogens is 2. The van der Waals surface area contributed by atoms with Crippen LogP contribution < -0.4 is 5.32 Å². The molecule has 1 aromatic heterocycles. The SMILES string of the molecule is Cn1cc(Nc2c(F)c(F)c(F)c(F)c2F)cn1. The third-order valence-electron chi connectivity index (χ3n) is 2.18. The molecule has 0 fully saturated rings. The molecule has 18 heavy (non-hydrogen) atoms. The van der Waals surface area contributed by atoms with E-state index >= 15 is 0 Å². The molecule has 2 aromatic rings. The van der Waals surface area contributed by atoms with Gasteiger partial charge >= 0.3 is 0 Å². The third-order valence-corrected chi connectivity index (χ3v) is 2.18. The van der Waals surface area contributed by atoms with Gasteiger partial charge in [-0.15, -0.1) is 0 Å². The van der Waals surface area contributed by atoms with Crippen LogP contribution >= 0.6 is 0 Å². The van der Waals surface area contributed by atoms with Crippen molar-refractivity contribution in [3.8, 4) is 0 Å². The number of anilines is 2. The lowest BCUT2D eigenvalue weighted by Gasteiger charge is -2.08. The van der Waals surface area contributed by atoms with Crippen molar-refractivity contribution in [2.24, 2.45) is 7.05 Å². The number of nitrogens with zero attached hydrogens (tertiary/aromatic N) is 2. The molecular weight excluding hydrogens is 257 g/mol. The van der Waals surface area contributed by atoms with Gasteiger partial charge in [0.05, 0.1) is 11.9 Å². The molecule has 0 aliphatic heterocycles. The molecule has 1 heterocycles. The number of halogens is 5. The summed E-state index contributed by atoms with van der Waals surface area (Å²) in [5.41, 5.74) is -1.01. The maximum atomic E-state index is 13.3. The summed E-state index contributed by atoms with van der Waals surface area (Å²) in [5, 5.41) is 5.77. The predicted molar refractivity (Wildman–Crippen MR) is 52.7 cm³/mol. The molecule has 0 bridgehead atoms. The van der Waals surface area contributed by atoms with Crippen molar-refractivity contribution in [2.45, 2.75) is 0 Å². The molecular formula is C10H6F5N3. The van der Waals surface area contributed by atoms with Gasteiger partial charge in [-0.2, -0.15) is 5.10 Å². The Kier molecular flexibility index (Phi) is 2.93. The van der Waals surface area contributed by atoms with Crippen molar-refractivity contribution >= 4 is 11.4 Å². The zero-order valence-corrected chi connectivity index (χ0v) is 8.94. The molecule has 0 radical (unpaired) electrons. The Bertz CT molecular complexity index is 579. The predicted octanol–water partition coefficient (Wildman–Crippen LogP) is 2.86. The molecule has 0 atom stereocenters. The van der Waals surface area contributed by atoms with Gasteiger partial charge in [-0.05, 0) is 0 Å². The van der Waals surface area contributed by atoms with Crippen LogP contribution in [0.5, 0.6) is 0 Å². The molecule has 8 heteroatoms. The van der Waals surface area contributed by atoms with Crippen LogP contribution in [0.2, 0.25) is 0 Å². The van der Waals surface area contributed by atoms with Crippen molar-refractivity contribution in [3.05, 3.63) is 41.5 Å². The summed E-state index contributed by atoms with van der Waals surface area (Å²) in [4.78, 5) is 0.